The Morgan fingerprint density at radius 1 is 1.38 bits per heavy atom. The third kappa shape index (κ3) is 4.26. The molecule has 4 nitrogen and oxygen atoms in total. The van der Waals surface area contributed by atoms with Gasteiger partial charge in [0.15, 0.2) is 0 Å². The third-order valence-corrected chi connectivity index (χ3v) is 3.96. The zero-order chi connectivity index (χ0) is 15.4. The van der Waals surface area contributed by atoms with Gasteiger partial charge in [0, 0.05) is 17.6 Å². The summed E-state index contributed by atoms with van der Waals surface area (Å²) in [6.45, 7) is 2.25. The highest BCUT2D eigenvalue weighted by Crippen LogP contribution is 2.23. The van der Waals surface area contributed by atoms with Crippen molar-refractivity contribution >= 4 is 23.4 Å². The number of nitrogen functional groups attached to an aromatic ring is 1. The number of furan rings is 1. The number of aryl methyl sites for hydroxylation is 1. The number of hydrogen-bond acceptors (Lipinski definition) is 4. The minimum absolute atomic E-state index is 0.0923. The summed E-state index contributed by atoms with van der Waals surface area (Å²) in [5.74, 6) is 1.20. The van der Waals surface area contributed by atoms with E-state index < -0.39 is 5.82 Å². The van der Waals surface area contributed by atoms with E-state index in [1.807, 2.05) is 19.1 Å². The molecule has 0 bridgehead atoms. The summed E-state index contributed by atoms with van der Waals surface area (Å²) in [4.78, 5) is 14.0. The number of halogens is 1. The molecule has 0 spiro atoms. The quantitative estimate of drug-likeness (QED) is 0.681. The lowest BCUT2D eigenvalue weighted by molar-refractivity contribution is -0.127. The zero-order valence-corrected chi connectivity index (χ0v) is 12.7. The second kappa shape index (κ2) is 6.67. The highest BCUT2D eigenvalue weighted by Gasteiger charge is 2.13. The maximum Gasteiger partial charge on any atom is 0.233 e. The van der Waals surface area contributed by atoms with E-state index in [9.17, 15) is 9.18 Å². The molecular formula is C15H17FN2O2S. The molecule has 0 aliphatic carbocycles. The first-order valence-electron chi connectivity index (χ1n) is 6.43. The van der Waals surface area contributed by atoms with Gasteiger partial charge in [-0.3, -0.25) is 4.79 Å². The lowest BCUT2D eigenvalue weighted by atomic mass is 10.3. The largest absolute Gasteiger partial charge is 0.464 e. The smallest absolute Gasteiger partial charge is 0.233 e. The molecule has 0 saturated carbocycles. The lowest BCUT2D eigenvalue weighted by Crippen LogP contribution is -2.27. The van der Waals surface area contributed by atoms with Crippen LogP contribution in [0.15, 0.2) is 39.6 Å². The van der Waals surface area contributed by atoms with Crippen molar-refractivity contribution in [2.24, 2.45) is 0 Å². The molecular weight excluding hydrogens is 291 g/mol. The van der Waals surface area contributed by atoms with Gasteiger partial charge < -0.3 is 15.1 Å². The molecule has 0 unspecified atom stereocenters. The van der Waals surface area contributed by atoms with Crippen LogP contribution in [-0.4, -0.2) is 23.6 Å². The molecule has 0 aliphatic rings. The fourth-order valence-corrected chi connectivity index (χ4v) is 2.64. The number of carbonyl (C=O) groups excluding carboxylic acids is 1. The molecule has 2 rings (SSSR count). The molecule has 0 fully saturated rings. The maximum absolute atomic E-state index is 13.6. The second-order valence-electron chi connectivity index (χ2n) is 4.74. The first kappa shape index (κ1) is 15.4. The van der Waals surface area contributed by atoms with Crippen LogP contribution in [0.2, 0.25) is 0 Å². The van der Waals surface area contributed by atoms with Crippen LogP contribution in [0.25, 0.3) is 0 Å². The molecule has 112 valence electrons. The number of rotatable bonds is 5. The fraction of sp³-hybridized carbons (Fsp3) is 0.267. The Bertz CT molecular complexity index is 642. The topological polar surface area (TPSA) is 59.5 Å². The maximum atomic E-state index is 13.6. The first-order chi connectivity index (χ1) is 9.95. The van der Waals surface area contributed by atoms with E-state index in [2.05, 4.69) is 0 Å². The number of benzene rings is 1. The van der Waals surface area contributed by atoms with Gasteiger partial charge in [-0.15, -0.1) is 11.8 Å². The normalized spacial score (nSPS) is 10.6. The Hall–Kier alpha value is -1.95. The highest BCUT2D eigenvalue weighted by atomic mass is 32.2. The standard InChI is InChI=1S/C15H17FN2O2S/c1-10-3-5-12(20-10)8-18(2)15(19)9-21-14-6-4-11(17)7-13(14)16/h3-7H,8-9,17H2,1-2H3. The Morgan fingerprint density at radius 2 is 2.14 bits per heavy atom. The fourth-order valence-electron chi connectivity index (χ4n) is 1.78. The Morgan fingerprint density at radius 3 is 2.76 bits per heavy atom. The van der Waals surface area contributed by atoms with Crippen molar-refractivity contribution in [3.05, 3.63) is 47.7 Å². The molecule has 6 heteroatoms. The van der Waals surface area contributed by atoms with E-state index in [0.29, 0.717) is 17.1 Å². The minimum Gasteiger partial charge on any atom is -0.464 e. The summed E-state index contributed by atoms with van der Waals surface area (Å²) in [5.41, 5.74) is 5.85. The highest BCUT2D eigenvalue weighted by molar-refractivity contribution is 8.00. The van der Waals surface area contributed by atoms with Crippen LogP contribution < -0.4 is 5.73 Å². The second-order valence-corrected chi connectivity index (χ2v) is 5.76. The molecule has 1 amide bonds. The number of anilines is 1. The molecule has 0 atom stereocenters. The lowest BCUT2D eigenvalue weighted by Gasteiger charge is -2.15. The van der Waals surface area contributed by atoms with Gasteiger partial charge in [-0.1, -0.05) is 0 Å². The molecule has 1 heterocycles. The van der Waals surface area contributed by atoms with Crippen LogP contribution in [0.1, 0.15) is 11.5 Å². The van der Waals surface area contributed by atoms with Crippen molar-refractivity contribution in [3.8, 4) is 0 Å². The van der Waals surface area contributed by atoms with E-state index >= 15 is 0 Å². The van der Waals surface area contributed by atoms with Gasteiger partial charge in [-0.25, -0.2) is 4.39 Å². The number of thioether (sulfide) groups is 1. The van der Waals surface area contributed by atoms with E-state index in [1.54, 1.807) is 24.1 Å². The average molecular weight is 308 g/mol. The number of amides is 1. The van der Waals surface area contributed by atoms with E-state index in [0.717, 1.165) is 23.3 Å². The monoisotopic (exact) mass is 308 g/mol. The van der Waals surface area contributed by atoms with Crippen molar-refractivity contribution in [2.75, 3.05) is 18.5 Å². The predicted octanol–water partition coefficient (Wildman–Crippen LogP) is 3.06. The van der Waals surface area contributed by atoms with Gasteiger partial charge in [-0.2, -0.15) is 0 Å². The van der Waals surface area contributed by atoms with Gasteiger partial charge >= 0.3 is 0 Å². The molecule has 2 aromatic rings. The summed E-state index contributed by atoms with van der Waals surface area (Å²) in [6.07, 6.45) is 0. The average Bonchev–Trinajstić information content (AvgIpc) is 2.82. The summed E-state index contributed by atoms with van der Waals surface area (Å²) < 4.78 is 19.0. The summed E-state index contributed by atoms with van der Waals surface area (Å²) in [7, 11) is 1.69. The van der Waals surface area contributed by atoms with Crippen LogP contribution in [0.5, 0.6) is 0 Å². The van der Waals surface area contributed by atoms with Crippen LogP contribution in [0.4, 0.5) is 10.1 Å². The molecule has 1 aromatic carbocycles. The molecule has 0 aliphatic heterocycles. The summed E-state index contributed by atoms with van der Waals surface area (Å²) in [6, 6.07) is 8.14. The third-order valence-electron chi connectivity index (χ3n) is 2.92. The van der Waals surface area contributed by atoms with Crippen LogP contribution in [-0.2, 0) is 11.3 Å². The Balaban J connectivity index is 1.89. The van der Waals surface area contributed by atoms with Gasteiger partial charge in [0.1, 0.15) is 17.3 Å². The minimum atomic E-state index is -0.405. The number of nitrogens with zero attached hydrogens (tertiary/aromatic N) is 1. The van der Waals surface area contributed by atoms with Gasteiger partial charge in [0.25, 0.3) is 0 Å². The molecule has 21 heavy (non-hydrogen) atoms. The van der Waals surface area contributed by atoms with Crippen molar-refractivity contribution in [1.29, 1.82) is 0 Å². The Labute approximate surface area is 127 Å². The SMILES string of the molecule is Cc1ccc(CN(C)C(=O)CSc2ccc(N)cc2F)o1. The van der Waals surface area contributed by atoms with Crippen LogP contribution in [0, 0.1) is 12.7 Å². The number of carbonyl (C=O) groups is 1. The molecule has 1 aromatic heterocycles. The zero-order valence-electron chi connectivity index (χ0n) is 11.9. The van der Waals surface area contributed by atoms with Crippen LogP contribution in [0.3, 0.4) is 0 Å². The van der Waals surface area contributed by atoms with Gasteiger partial charge in [0.05, 0.1) is 12.3 Å². The van der Waals surface area contributed by atoms with Crippen molar-refractivity contribution in [2.45, 2.75) is 18.4 Å². The van der Waals surface area contributed by atoms with E-state index in [1.165, 1.54) is 6.07 Å². The van der Waals surface area contributed by atoms with Crippen molar-refractivity contribution in [1.82, 2.24) is 4.90 Å². The number of nitrogens with two attached hydrogens (primary N) is 1. The van der Waals surface area contributed by atoms with Crippen molar-refractivity contribution in [3.63, 3.8) is 0 Å². The van der Waals surface area contributed by atoms with Crippen LogP contribution >= 0.6 is 11.8 Å². The van der Waals surface area contributed by atoms with E-state index in [4.69, 9.17) is 10.2 Å². The van der Waals surface area contributed by atoms with Crippen molar-refractivity contribution < 1.29 is 13.6 Å². The molecule has 0 radical (unpaired) electrons. The Kier molecular flexibility index (Phi) is 4.90. The number of hydrogen-bond donors (Lipinski definition) is 1. The first-order valence-corrected chi connectivity index (χ1v) is 7.41. The molecule has 2 N–H and O–H groups in total. The summed E-state index contributed by atoms with van der Waals surface area (Å²) >= 11 is 1.16. The predicted molar refractivity (Wildman–Crippen MR) is 81.5 cm³/mol. The molecule has 0 saturated heterocycles. The van der Waals surface area contributed by atoms with Gasteiger partial charge in [0.2, 0.25) is 5.91 Å². The summed E-state index contributed by atoms with van der Waals surface area (Å²) in [5, 5.41) is 0. The van der Waals surface area contributed by atoms with E-state index in [-0.39, 0.29) is 11.7 Å². The van der Waals surface area contributed by atoms with Gasteiger partial charge in [-0.05, 0) is 37.3 Å².